The van der Waals surface area contributed by atoms with Crippen molar-refractivity contribution in [3.63, 3.8) is 0 Å². The molecule has 0 aliphatic heterocycles. The van der Waals surface area contributed by atoms with E-state index in [9.17, 15) is 0 Å². The number of aromatic nitrogens is 4. The molecule has 2 aromatic heterocycles. The number of para-hydroxylation sites is 1. The number of fused-ring (bicyclic) bond motifs is 1. The molecule has 0 fully saturated rings. The van der Waals surface area contributed by atoms with Crippen molar-refractivity contribution in [3.8, 4) is 0 Å². The third-order valence-electron chi connectivity index (χ3n) is 3.21. The third kappa shape index (κ3) is 2.47. The smallest absolute Gasteiger partial charge is 0.127 e. The van der Waals surface area contributed by atoms with E-state index in [1.165, 1.54) is 0 Å². The Balaban J connectivity index is 1.94. The molecule has 2 heterocycles. The highest BCUT2D eigenvalue weighted by Gasteiger charge is 2.14. The van der Waals surface area contributed by atoms with Crippen molar-refractivity contribution in [1.82, 2.24) is 20.0 Å². The summed E-state index contributed by atoms with van der Waals surface area (Å²) in [6, 6.07) is 13.8. The fourth-order valence-corrected chi connectivity index (χ4v) is 2.27. The summed E-state index contributed by atoms with van der Waals surface area (Å²) >= 11 is 0. The summed E-state index contributed by atoms with van der Waals surface area (Å²) in [6.45, 7) is 2.16. The first-order chi connectivity index (χ1) is 9.88. The Morgan fingerprint density at radius 3 is 2.80 bits per heavy atom. The van der Waals surface area contributed by atoms with Crippen LogP contribution in [0.4, 0.5) is 5.82 Å². The summed E-state index contributed by atoms with van der Waals surface area (Å²) in [5, 5.41) is 11.9. The Hall–Kier alpha value is -2.43. The highest BCUT2D eigenvalue weighted by Crippen LogP contribution is 2.20. The van der Waals surface area contributed by atoms with Crippen LogP contribution >= 0.6 is 0 Å². The summed E-state index contributed by atoms with van der Waals surface area (Å²) in [6.07, 6.45) is 3.86. The topological polar surface area (TPSA) is 55.6 Å². The first-order valence-corrected chi connectivity index (χ1v) is 6.86. The van der Waals surface area contributed by atoms with Gasteiger partial charge in [0, 0.05) is 6.20 Å². The fourth-order valence-electron chi connectivity index (χ4n) is 2.27. The molecule has 20 heavy (non-hydrogen) atoms. The van der Waals surface area contributed by atoms with Gasteiger partial charge in [-0.15, -0.1) is 5.10 Å². The standard InChI is InChI=1S/C15H17N5/c1-2-7-15(17-14-10-5-6-11-16-14)20-13-9-4-3-8-12(13)18-19-20/h3-6,8-11,15H,2,7H2,1H3,(H,16,17)/t15-/m1/s1. The highest BCUT2D eigenvalue weighted by atomic mass is 15.5. The molecule has 102 valence electrons. The van der Waals surface area contributed by atoms with E-state index in [4.69, 9.17) is 0 Å². The first-order valence-electron chi connectivity index (χ1n) is 6.86. The fraction of sp³-hybridized carbons (Fsp3) is 0.267. The summed E-state index contributed by atoms with van der Waals surface area (Å²) in [5.41, 5.74) is 1.95. The van der Waals surface area contributed by atoms with Gasteiger partial charge in [-0.2, -0.15) is 0 Å². The van der Waals surface area contributed by atoms with Gasteiger partial charge in [0.25, 0.3) is 0 Å². The Morgan fingerprint density at radius 2 is 2.00 bits per heavy atom. The Morgan fingerprint density at radius 1 is 1.15 bits per heavy atom. The summed E-state index contributed by atoms with van der Waals surface area (Å²) in [5.74, 6) is 0.852. The highest BCUT2D eigenvalue weighted by molar-refractivity contribution is 5.74. The van der Waals surface area contributed by atoms with E-state index in [0.717, 1.165) is 29.7 Å². The molecule has 5 nitrogen and oxygen atoms in total. The molecule has 0 aliphatic rings. The van der Waals surface area contributed by atoms with Gasteiger partial charge < -0.3 is 5.32 Å². The zero-order chi connectivity index (χ0) is 13.8. The van der Waals surface area contributed by atoms with Crippen LogP contribution < -0.4 is 5.32 Å². The normalized spacial score (nSPS) is 12.4. The molecule has 1 N–H and O–H groups in total. The molecule has 0 spiro atoms. The van der Waals surface area contributed by atoms with E-state index in [-0.39, 0.29) is 6.17 Å². The van der Waals surface area contributed by atoms with Crippen LogP contribution in [-0.4, -0.2) is 20.0 Å². The van der Waals surface area contributed by atoms with E-state index < -0.39 is 0 Å². The number of rotatable bonds is 5. The van der Waals surface area contributed by atoms with Gasteiger partial charge in [-0.3, -0.25) is 0 Å². The molecule has 0 bridgehead atoms. The van der Waals surface area contributed by atoms with Gasteiger partial charge in [0.15, 0.2) is 0 Å². The molecule has 1 aromatic carbocycles. The maximum absolute atomic E-state index is 4.32. The van der Waals surface area contributed by atoms with Gasteiger partial charge in [0.05, 0.1) is 5.52 Å². The van der Waals surface area contributed by atoms with Crippen molar-refractivity contribution >= 4 is 16.9 Å². The number of nitrogens with one attached hydrogen (secondary N) is 1. The van der Waals surface area contributed by atoms with Gasteiger partial charge in [-0.25, -0.2) is 9.67 Å². The molecule has 0 saturated carbocycles. The second kappa shape index (κ2) is 5.69. The van der Waals surface area contributed by atoms with Crippen molar-refractivity contribution in [2.45, 2.75) is 25.9 Å². The van der Waals surface area contributed by atoms with Crippen LogP contribution in [0, 0.1) is 0 Å². The minimum absolute atomic E-state index is 0.0577. The second-order valence-electron chi connectivity index (χ2n) is 4.69. The van der Waals surface area contributed by atoms with Crippen LogP contribution in [0.3, 0.4) is 0 Å². The molecule has 1 atom stereocenters. The quantitative estimate of drug-likeness (QED) is 0.771. The maximum atomic E-state index is 4.32. The maximum Gasteiger partial charge on any atom is 0.127 e. The molecule has 0 aliphatic carbocycles. The van der Waals surface area contributed by atoms with Gasteiger partial charge in [-0.1, -0.05) is 36.8 Å². The van der Waals surface area contributed by atoms with Crippen LogP contribution in [0.15, 0.2) is 48.7 Å². The van der Waals surface area contributed by atoms with Crippen molar-refractivity contribution in [2.75, 3.05) is 5.32 Å². The van der Waals surface area contributed by atoms with E-state index in [1.807, 2.05) is 47.1 Å². The minimum Gasteiger partial charge on any atom is -0.348 e. The lowest BCUT2D eigenvalue weighted by atomic mass is 10.2. The van der Waals surface area contributed by atoms with E-state index in [1.54, 1.807) is 6.20 Å². The van der Waals surface area contributed by atoms with Crippen molar-refractivity contribution in [3.05, 3.63) is 48.7 Å². The molecular weight excluding hydrogens is 250 g/mol. The predicted molar refractivity (Wildman–Crippen MR) is 79.3 cm³/mol. The molecule has 3 rings (SSSR count). The SMILES string of the molecule is CCC[C@H](Nc1ccccn1)n1nnc2ccccc21. The number of hydrogen-bond acceptors (Lipinski definition) is 4. The average molecular weight is 267 g/mol. The van der Waals surface area contributed by atoms with Gasteiger partial charge in [-0.05, 0) is 30.7 Å². The summed E-state index contributed by atoms with van der Waals surface area (Å²) in [7, 11) is 0. The number of pyridine rings is 1. The molecule has 0 amide bonds. The minimum atomic E-state index is 0.0577. The molecule has 0 unspecified atom stereocenters. The largest absolute Gasteiger partial charge is 0.348 e. The number of anilines is 1. The van der Waals surface area contributed by atoms with Gasteiger partial charge in [0.1, 0.15) is 17.5 Å². The molecule has 0 radical (unpaired) electrons. The zero-order valence-corrected chi connectivity index (χ0v) is 11.4. The third-order valence-corrected chi connectivity index (χ3v) is 3.21. The lowest BCUT2D eigenvalue weighted by Crippen LogP contribution is -2.20. The number of benzene rings is 1. The van der Waals surface area contributed by atoms with Crippen LogP contribution in [-0.2, 0) is 0 Å². The van der Waals surface area contributed by atoms with E-state index in [2.05, 4.69) is 27.5 Å². The Labute approximate surface area is 117 Å². The summed E-state index contributed by atoms with van der Waals surface area (Å²) in [4.78, 5) is 4.32. The lowest BCUT2D eigenvalue weighted by Gasteiger charge is -2.19. The van der Waals surface area contributed by atoms with Crippen molar-refractivity contribution < 1.29 is 0 Å². The Kier molecular flexibility index (Phi) is 3.58. The molecule has 0 saturated heterocycles. The number of hydrogen-bond donors (Lipinski definition) is 1. The molecule has 3 aromatic rings. The van der Waals surface area contributed by atoms with Crippen LogP contribution in [0.25, 0.3) is 11.0 Å². The monoisotopic (exact) mass is 267 g/mol. The predicted octanol–water partition coefficient (Wildman–Crippen LogP) is 3.24. The molecule has 5 heteroatoms. The summed E-state index contributed by atoms with van der Waals surface area (Å²) < 4.78 is 1.94. The number of nitrogens with zero attached hydrogens (tertiary/aromatic N) is 4. The van der Waals surface area contributed by atoms with Crippen LogP contribution in [0.2, 0.25) is 0 Å². The lowest BCUT2D eigenvalue weighted by molar-refractivity contribution is 0.466. The molecular formula is C15H17N5. The van der Waals surface area contributed by atoms with Crippen LogP contribution in [0.1, 0.15) is 25.9 Å². The average Bonchev–Trinajstić information content (AvgIpc) is 2.92. The van der Waals surface area contributed by atoms with Crippen molar-refractivity contribution in [1.29, 1.82) is 0 Å². The van der Waals surface area contributed by atoms with Crippen molar-refractivity contribution in [2.24, 2.45) is 0 Å². The first kappa shape index (κ1) is 12.6. The van der Waals surface area contributed by atoms with E-state index >= 15 is 0 Å². The second-order valence-corrected chi connectivity index (χ2v) is 4.69. The van der Waals surface area contributed by atoms with Gasteiger partial charge >= 0.3 is 0 Å². The Bertz CT molecular complexity index is 677. The van der Waals surface area contributed by atoms with Crippen LogP contribution in [0.5, 0.6) is 0 Å². The van der Waals surface area contributed by atoms with Gasteiger partial charge in [0.2, 0.25) is 0 Å². The van der Waals surface area contributed by atoms with E-state index in [0.29, 0.717) is 0 Å². The zero-order valence-electron chi connectivity index (χ0n) is 11.4.